The Morgan fingerprint density at radius 1 is 1.31 bits per heavy atom. The molecule has 0 bridgehead atoms. The lowest BCUT2D eigenvalue weighted by atomic mass is 10.1. The number of ether oxygens (including phenoxy) is 2. The zero-order valence-corrected chi connectivity index (χ0v) is 17.6. The van der Waals surface area contributed by atoms with Gasteiger partial charge in [0.15, 0.2) is 5.82 Å². The van der Waals surface area contributed by atoms with Gasteiger partial charge in [0, 0.05) is 12.1 Å². The molecule has 0 unspecified atom stereocenters. The van der Waals surface area contributed by atoms with E-state index in [2.05, 4.69) is 20.3 Å². The van der Waals surface area contributed by atoms with Crippen LogP contribution in [0.3, 0.4) is 0 Å². The molecule has 0 atom stereocenters. The average Bonchev–Trinajstić information content (AvgIpc) is 3.19. The number of aromatic amines is 2. The van der Waals surface area contributed by atoms with Crippen LogP contribution in [-0.4, -0.2) is 45.8 Å². The molecule has 3 rings (SSSR count). The van der Waals surface area contributed by atoms with Gasteiger partial charge in [-0.2, -0.15) is 14.9 Å². The highest BCUT2D eigenvalue weighted by Crippen LogP contribution is 2.18. The quantitative estimate of drug-likeness (QED) is 0.351. The Morgan fingerprint density at radius 3 is 2.69 bits per heavy atom. The first-order chi connectivity index (χ1) is 13.9. The molecule has 29 heavy (non-hydrogen) atoms. The minimum absolute atomic E-state index is 0.325. The van der Waals surface area contributed by atoms with E-state index in [0.717, 1.165) is 22.6 Å². The van der Waals surface area contributed by atoms with Gasteiger partial charge in [0.05, 0.1) is 31.2 Å². The lowest BCUT2D eigenvalue weighted by molar-refractivity contribution is 0.0525. The Kier molecular flexibility index (Phi) is 6.28. The van der Waals surface area contributed by atoms with Crippen LogP contribution in [0.25, 0.3) is 0 Å². The number of benzene rings is 1. The molecule has 9 heteroatoms. The maximum atomic E-state index is 12.2. The molecule has 2 N–H and O–H groups in total. The smallest absolute Gasteiger partial charge is 0.340 e. The van der Waals surface area contributed by atoms with Gasteiger partial charge in [0.1, 0.15) is 5.75 Å². The summed E-state index contributed by atoms with van der Waals surface area (Å²) in [6.45, 7) is 5.78. The first-order valence-electron chi connectivity index (χ1n) is 9.14. The van der Waals surface area contributed by atoms with Crippen LogP contribution in [0.2, 0.25) is 0 Å². The van der Waals surface area contributed by atoms with E-state index >= 15 is 0 Å². The van der Waals surface area contributed by atoms with Crippen molar-refractivity contribution in [1.82, 2.24) is 19.9 Å². The molecule has 8 nitrogen and oxygen atoms in total. The van der Waals surface area contributed by atoms with Crippen LogP contribution in [0.15, 0.2) is 29.4 Å². The molecular weight excluding hydrogens is 390 g/mol. The standard InChI is InChI=1S/C20H23N5O3S/c1-5-28-19(26)18-12(2)16(22-13(18)3)11-21-25-17(23-24-20(25)29)10-14-6-8-15(27-4)9-7-14/h6-9,11,22H,5,10H2,1-4H3,(H,24,29)/b21-11+. The van der Waals surface area contributed by atoms with Crippen LogP contribution in [0.1, 0.15) is 45.6 Å². The SMILES string of the molecule is CCOC(=O)c1c(C)[nH]c(/C=N/n2c(Cc3ccc(OC)cc3)n[nH]c2=S)c1C. The Morgan fingerprint density at radius 2 is 2.03 bits per heavy atom. The van der Waals surface area contributed by atoms with Crippen molar-refractivity contribution in [2.45, 2.75) is 27.2 Å². The summed E-state index contributed by atoms with van der Waals surface area (Å²) in [5.41, 5.74) is 3.80. The number of aromatic nitrogens is 4. The Bertz CT molecular complexity index is 1090. The molecule has 0 aliphatic heterocycles. The number of nitrogens with one attached hydrogen (secondary N) is 2. The van der Waals surface area contributed by atoms with Gasteiger partial charge in [-0.15, -0.1) is 0 Å². The van der Waals surface area contributed by atoms with E-state index in [1.54, 1.807) is 24.9 Å². The second-order valence-electron chi connectivity index (χ2n) is 6.41. The molecule has 0 aliphatic rings. The molecule has 0 radical (unpaired) electrons. The molecule has 3 aromatic rings. The van der Waals surface area contributed by atoms with Crippen LogP contribution in [-0.2, 0) is 11.2 Å². The Balaban J connectivity index is 1.86. The number of esters is 1. The highest BCUT2D eigenvalue weighted by molar-refractivity contribution is 7.71. The second-order valence-corrected chi connectivity index (χ2v) is 6.80. The van der Waals surface area contributed by atoms with E-state index in [1.165, 1.54) is 0 Å². The van der Waals surface area contributed by atoms with E-state index in [9.17, 15) is 4.79 Å². The zero-order valence-electron chi connectivity index (χ0n) is 16.8. The van der Waals surface area contributed by atoms with Crippen LogP contribution in [0, 0.1) is 18.6 Å². The summed E-state index contributed by atoms with van der Waals surface area (Å²) >= 11 is 5.31. The number of carbonyl (C=O) groups is 1. The Hall–Kier alpha value is -3.20. The van der Waals surface area contributed by atoms with Crippen molar-refractivity contribution in [3.05, 3.63) is 62.9 Å². The van der Waals surface area contributed by atoms with Gasteiger partial charge in [-0.25, -0.2) is 4.79 Å². The second kappa shape index (κ2) is 8.87. The van der Waals surface area contributed by atoms with Gasteiger partial charge in [-0.3, -0.25) is 5.10 Å². The number of rotatable bonds is 7. The van der Waals surface area contributed by atoms with E-state index < -0.39 is 0 Å². The van der Waals surface area contributed by atoms with E-state index in [0.29, 0.717) is 34.9 Å². The summed E-state index contributed by atoms with van der Waals surface area (Å²) in [6.07, 6.45) is 2.18. The molecule has 0 aliphatic carbocycles. The summed E-state index contributed by atoms with van der Waals surface area (Å²) in [5.74, 6) is 1.11. The molecule has 0 amide bonds. The van der Waals surface area contributed by atoms with Gasteiger partial charge in [-0.05, 0) is 56.2 Å². The predicted octanol–water partition coefficient (Wildman–Crippen LogP) is 3.54. The molecular formula is C20H23N5O3S. The maximum absolute atomic E-state index is 12.2. The van der Waals surface area contributed by atoms with Crippen molar-refractivity contribution in [1.29, 1.82) is 0 Å². The monoisotopic (exact) mass is 413 g/mol. The largest absolute Gasteiger partial charge is 0.497 e. The lowest BCUT2D eigenvalue weighted by Gasteiger charge is -2.03. The number of H-pyrrole nitrogens is 2. The third kappa shape index (κ3) is 4.45. The molecule has 0 saturated heterocycles. The fourth-order valence-electron chi connectivity index (χ4n) is 3.01. The van der Waals surface area contributed by atoms with Crippen molar-refractivity contribution in [2.75, 3.05) is 13.7 Å². The molecule has 2 aromatic heterocycles. The normalized spacial score (nSPS) is 11.2. The van der Waals surface area contributed by atoms with Crippen molar-refractivity contribution >= 4 is 24.4 Å². The summed E-state index contributed by atoms with van der Waals surface area (Å²) in [7, 11) is 1.63. The number of carbonyl (C=O) groups excluding carboxylic acids is 1. The van der Waals surface area contributed by atoms with Crippen LogP contribution >= 0.6 is 12.2 Å². The van der Waals surface area contributed by atoms with Crippen molar-refractivity contribution in [2.24, 2.45) is 5.10 Å². The van der Waals surface area contributed by atoms with Gasteiger partial charge < -0.3 is 14.5 Å². The summed E-state index contributed by atoms with van der Waals surface area (Å²) in [4.78, 5) is 15.3. The maximum Gasteiger partial charge on any atom is 0.340 e. The topological polar surface area (TPSA) is 97.3 Å². The van der Waals surface area contributed by atoms with E-state index in [1.807, 2.05) is 38.1 Å². The lowest BCUT2D eigenvalue weighted by Crippen LogP contribution is -2.06. The number of nitrogens with zero attached hydrogens (tertiary/aromatic N) is 3. The first-order valence-corrected chi connectivity index (χ1v) is 9.55. The first kappa shape index (κ1) is 20.5. The van der Waals surface area contributed by atoms with Crippen molar-refractivity contribution < 1.29 is 14.3 Å². The van der Waals surface area contributed by atoms with E-state index in [-0.39, 0.29) is 5.97 Å². The van der Waals surface area contributed by atoms with Crippen LogP contribution in [0.5, 0.6) is 5.75 Å². The Labute approximate surface area is 173 Å². The van der Waals surface area contributed by atoms with Gasteiger partial charge in [0.2, 0.25) is 4.77 Å². The fraction of sp³-hybridized carbons (Fsp3) is 0.300. The third-order valence-corrected chi connectivity index (χ3v) is 4.76. The minimum Gasteiger partial charge on any atom is -0.497 e. The predicted molar refractivity (Wildman–Crippen MR) is 112 cm³/mol. The highest BCUT2D eigenvalue weighted by Gasteiger charge is 2.18. The van der Waals surface area contributed by atoms with Crippen molar-refractivity contribution in [3.63, 3.8) is 0 Å². The van der Waals surface area contributed by atoms with Gasteiger partial charge in [-0.1, -0.05) is 12.1 Å². The summed E-state index contributed by atoms with van der Waals surface area (Å²) < 4.78 is 12.3. The molecule has 152 valence electrons. The van der Waals surface area contributed by atoms with Crippen LogP contribution < -0.4 is 4.74 Å². The molecule has 0 spiro atoms. The zero-order chi connectivity index (χ0) is 21.0. The number of methoxy groups -OCH3 is 1. The summed E-state index contributed by atoms with van der Waals surface area (Å²) in [6, 6.07) is 7.72. The summed E-state index contributed by atoms with van der Waals surface area (Å²) in [5, 5.41) is 11.5. The number of aryl methyl sites for hydroxylation is 1. The molecule has 0 saturated carbocycles. The van der Waals surface area contributed by atoms with E-state index in [4.69, 9.17) is 21.7 Å². The van der Waals surface area contributed by atoms with Gasteiger partial charge >= 0.3 is 5.97 Å². The van der Waals surface area contributed by atoms with Crippen molar-refractivity contribution in [3.8, 4) is 5.75 Å². The molecule has 2 heterocycles. The molecule has 1 aromatic carbocycles. The average molecular weight is 414 g/mol. The van der Waals surface area contributed by atoms with Gasteiger partial charge in [0.25, 0.3) is 0 Å². The third-order valence-electron chi connectivity index (χ3n) is 4.50. The van der Waals surface area contributed by atoms with Crippen LogP contribution in [0.4, 0.5) is 0 Å². The minimum atomic E-state index is -0.349. The fourth-order valence-corrected chi connectivity index (χ4v) is 3.21. The number of hydrogen-bond donors (Lipinski definition) is 2. The number of hydrogen-bond acceptors (Lipinski definition) is 6. The molecule has 0 fully saturated rings. The highest BCUT2D eigenvalue weighted by atomic mass is 32.1.